The number of nitrogens with zero attached hydrogens (tertiary/aromatic N) is 6. The maximum Gasteiger partial charge on any atom is 0.250 e. The van der Waals surface area contributed by atoms with Crippen LogP contribution in [-0.4, -0.2) is 37.7 Å². The van der Waals surface area contributed by atoms with E-state index in [9.17, 15) is 14.9 Å². The molecule has 0 unspecified atom stereocenters. The first-order valence-electron chi connectivity index (χ1n) is 15.5. The summed E-state index contributed by atoms with van der Waals surface area (Å²) < 4.78 is 6.93. The van der Waals surface area contributed by atoms with E-state index in [4.69, 9.17) is 4.52 Å². The molecule has 1 saturated carbocycles. The number of carbonyl (C=O) groups is 1. The maximum absolute atomic E-state index is 13.9. The van der Waals surface area contributed by atoms with Crippen molar-refractivity contribution >= 4 is 17.5 Å². The Hall–Kier alpha value is -5.56. The van der Waals surface area contributed by atoms with Crippen LogP contribution in [-0.2, 0) is 18.3 Å². The predicted octanol–water partition coefficient (Wildman–Crippen LogP) is 6.07. The van der Waals surface area contributed by atoms with Crippen molar-refractivity contribution in [3.63, 3.8) is 0 Å². The number of benzene rings is 2. The Morgan fingerprint density at radius 3 is 2.46 bits per heavy atom. The summed E-state index contributed by atoms with van der Waals surface area (Å²) in [6, 6.07) is 25.5. The van der Waals surface area contributed by atoms with E-state index < -0.39 is 0 Å². The molecule has 46 heavy (non-hydrogen) atoms. The van der Waals surface area contributed by atoms with E-state index in [1.165, 1.54) is 6.20 Å². The van der Waals surface area contributed by atoms with Crippen LogP contribution in [0.5, 0.6) is 0 Å². The fourth-order valence-electron chi connectivity index (χ4n) is 6.01. The van der Waals surface area contributed by atoms with Crippen LogP contribution in [0.15, 0.2) is 94.5 Å². The van der Waals surface area contributed by atoms with Crippen LogP contribution in [0.3, 0.4) is 0 Å². The molecule has 1 aliphatic rings. The molecule has 0 spiro atoms. The lowest BCUT2D eigenvalue weighted by Crippen LogP contribution is -2.44. The molecule has 0 atom stereocenters. The minimum absolute atomic E-state index is 0.0410. The van der Waals surface area contributed by atoms with Crippen LogP contribution < -0.4 is 15.8 Å². The van der Waals surface area contributed by atoms with Gasteiger partial charge in [0, 0.05) is 49.6 Å². The lowest BCUT2D eigenvalue weighted by molar-refractivity contribution is -0.119. The number of aromatic nitrogens is 4. The first-order valence-corrected chi connectivity index (χ1v) is 15.5. The van der Waals surface area contributed by atoms with E-state index in [-0.39, 0.29) is 23.6 Å². The van der Waals surface area contributed by atoms with Gasteiger partial charge in [-0.1, -0.05) is 47.6 Å². The third kappa shape index (κ3) is 6.89. The highest BCUT2D eigenvalue weighted by molar-refractivity contribution is 5.94. The first kappa shape index (κ1) is 30.5. The molecule has 1 amide bonds. The van der Waals surface area contributed by atoms with Gasteiger partial charge in [0.2, 0.25) is 17.4 Å². The van der Waals surface area contributed by atoms with Gasteiger partial charge in [0.1, 0.15) is 17.3 Å². The van der Waals surface area contributed by atoms with Crippen LogP contribution in [0, 0.1) is 18.3 Å². The minimum Gasteiger partial charge on any atom is -0.354 e. The molecule has 0 radical (unpaired) electrons. The minimum atomic E-state index is -0.0586. The molecule has 10 nitrogen and oxygen atoms in total. The summed E-state index contributed by atoms with van der Waals surface area (Å²) in [6.07, 6.45) is 7.66. The van der Waals surface area contributed by atoms with Gasteiger partial charge in [-0.3, -0.25) is 9.59 Å². The quantitative estimate of drug-likeness (QED) is 0.212. The number of nitriles is 1. The SMILES string of the molecule is Cc1cc(-c2nc(NC3CCC(N(C(=O)CCc4ccccc4)c4ccc(-c5ccc(=O)n(C)c5)cc4)CC3)ncc2C#N)on1. The number of pyridine rings is 1. The average Bonchev–Trinajstić information content (AvgIpc) is 3.52. The van der Waals surface area contributed by atoms with Crippen LogP contribution in [0.1, 0.15) is 48.9 Å². The number of amides is 1. The Morgan fingerprint density at radius 1 is 1.04 bits per heavy atom. The summed E-state index contributed by atoms with van der Waals surface area (Å²) >= 11 is 0. The van der Waals surface area contributed by atoms with Crippen LogP contribution >= 0.6 is 0 Å². The first-order chi connectivity index (χ1) is 22.4. The number of aryl methyl sites for hydroxylation is 3. The smallest absolute Gasteiger partial charge is 0.250 e. The number of carbonyl (C=O) groups excluding carboxylic acids is 1. The summed E-state index contributed by atoms with van der Waals surface area (Å²) in [5.74, 6) is 0.948. The number of nitrogens with one attached hydrogen (secondary N) is 1. The van der Waals surface area contributed by atoms with Crippen molar-refractivity contribution in [2.75, 3.05) is 10.2 Å². The monoisotopic (exact) mass is 613 g/mol. The van der Waals surface area contributed by atoms with E-state index in [2.05, 4.69) is 38.6 Å². The van der Waals surface area contributed by atoms with E-state index in [0.717, 1.165) is 48.1 Å². The molecule has 10 heteroatoms. The average molecular weight is 614 g/mol. The number of hydrogen-bond donors (Lipinski definition) is 1. The second-order valence-electron chi connectivity index (χ2n) is 11.7. The van der Waals surface area contributed by atoms with Crippen molar-refractivity contribution < 1.29 is 9.32 Å². The molecule has 232 valence electrons. The second-order valence-corrected chi connectivity index (χ2v) is 11.7. The zero-order valence-electron chi connectivity index (χ0n) is 25.9. The zero-order valence-corrected chi connectivity index (χ0v) is 25.9. The Balaban J connectivity index is 1.18. The van der Waals surface area contributed by atoms with E-state index in [1.807, 2.05) is 66.6 Å². The Kier molecular flexibility index (Phi) is 9.01. The highest BCUT2D eigenvalue weighted by Gasteiger charge is 2.30. The number of anilines is 2. The largest absolute Gasteiger partial charge is 0.354 e. The summed E-state index contributed by atoms with van der Waals surface area (Å²) in [7, 11) is 1.74. The van der Waals surface area contributed by atoms with Crippen molar-refractivity contribution in [1.29, 1.82) is 5.26 Å². The predicted molar refractivity (Wildman–Crippen MR) is 176 cm³/mol. The molecule has 0 bridgehead atoms. The van der Waals surface area contributed by atoms with E-state index in [0.29, 0.717) is 41.5 Å². The van der Waals surface area contributed by atoms with Gasteiger partial charge in [-0.15, -0.1) is 0 Å². The van der Waals surface area contributed by atoms with Crippen LogP contribution in [0.2, 0.25) is 0 Å². The van der Waals surface area contributed by atoms with Gasteiger partial charge in [0.05, 0.1) is 11.9 Å². The molecule has 3 heterocycles. The highest BCUT2D eigenvalue weighted by Crippen LogP contribution is 2.32. The second kappa shape index (κ2) is 13.6. The fourth-order valence-corrected chi connectivity index (χ4v) is 6.01. The lowest BCUT2D eigenvalue weighted by Gasteiger charge is -2.37. The van der Waals surface area contributed by atoms with Crippen molar-refractivity contribution in [2.45, 2.75) is 57.5 Å². The molecular formula is C36H35N7O3. The molecule has 1 fully saturated rings. The normalized spacial score (nSPS) is 16.0. The molecular weight excluding hydrogens is 578 g/mol. The zero-order chi connectivity index (χ0) is 32.0. The lowest BCUT2D eigenvalue weighted by atomic mass is 9.89. The van der Waals surface area contributed by atoms with Gasteiger partial charge in [-0.25, -0.2) is 9.97 Å². The molecule has 1 N–H and O–H groups in total. The van der Waals surface area contributed by atoms with Gasteiger partial charge in [-0.05, 0) is 73.9 Å². The molecule has 1 aliphatic carbocycles. The van der Waals surface area contributed by atoms with Gasteiger partial charge in [-0.2, -0.15) is 5.26 Å². The van der Waals surface area contributed by atoms with Crippen molar-refractivity contribution in [3.8, 4) is 28.7 Å². The molecule has 5 aromatic rings. The van der Waals surface area contributed by atoms with Gasteiger partial charge in [0.15, 0.2) is 5.76 Å². The van der Waals surface area contributed by atoms with Gasteiger partial charge < -0.3 is 19.3 Å². The van der Waals surface area contributed by atoms with Crippen molar-refractivity contribution in [2.24, 2.45) is 7.05 Å². The Bertz CT molecular complexity index is 1920. The third-order valence-corrected chi connectivity index (χ3v) is 8.47. The molecule has 3 aromatic heterocycles. The number of hydrogen-bond acceptors (Lipinski definition) is 8. The summed E-state index contributed by atoms with van der Waals surface area (Å²) in [5.41, 5.74) is 5.29. The van der Waals surface area contributed by atoms with Crippen molar-refractivity contribution in [1.82, 2.24) is 19.7 Å². The van der Waals surface area contributed by atoms with Crippen LogP contribution in [0.25, 0.3) is 22.6 Å². The summed E-state index contributed by atoms with van der Waals surface area (Å²) in [5, 5.41) is 16.9. The highest BCUT2D eigenvalue weighted by atomic mass is 16.5. The maximum atomic E-state index is 13.9. The Labute approximate surface area is 267 Å². The topological polar surface area (TPSA) is 130 Å². The molecule has 0 saturated heterocycles. The Morgan fingerprint density at radius 2 is 1.78 bits per heavy atom. The number of rotatable bonds is 9. The van der Waals surface area contributed by atoms with Gasteiger partial charge in [0.25, 0.3) is 0 Å². The summed E-state index contributed by atoms with van der Waals surface area (Å²) in [6.45, 7) is 1.82. The molecule has 2 aromatic carbocycles. The molecule has 6 rings (SSSR count). The van der Waals surface area contributed by atoms with Crippen LogP contribution in [0.4, 0.5) is 11.6 Å². The van der Waals surface area contributed by atoms with Gasteiger partial charge >= 0.3 is 0 Å². The fraction of sp³-hybridized carbons (Fsp3) is 0.278. The van der Waals surface area contributed by atoms with E-state index in [1.54, 1.807) is 23.7 Å². The van der Waals surface area contributed by atoms with E-state index >= 15 is 0 Å². The third-order valence-electron chi connectivity index (χ3n) is 8.47. The summed E-state index contributed by atoms with van der Waals surface area (Å²) in [4.78, 5) is 36.7. The molecule has 0 aliphatic heterocycles. The standard InChI is InChI=1S/C36H35N7O3/c1-24-20-32(46-41-24)35-28(21-37)22-38-36(40-35)39-29-12-16-31(17-13-29)43(34(45)18-8-25-6-4-3-5-7-25)30-14-9-26(10-15-30)27-11-19-33(44)42(2)23-27/h3-7,9-11,14-15,19-20,22-23,29,31H,8,12-13,16-18H2,1-2H3,(H,38,39,40). The van der Waals surface area contributed by atoms with Crippen molar-refractivity contribution in [3.05, 3.63) is 112 Å².